The zero-order valence-corrected chi connectivity index (χ0v) is 12.3. The molecule has 20 heavy (non-hydrogen) atoms. The Morgan fingerprint density at radius 1 is 1.20 bits per heavy atom. The molecule has 0 radical (unpaired) electrons. The van der Waals surface area contributed by atoms with Gasteiger partial charge in [0, 0.05) is 12.3 Å². The van der Waals surface area contributed by atoms with Gasteiger partial charge < -0.3 is 10.0 Å². The van der Waals surface area contributed by atoms with Crippen LogP contribution in [0, 0.1) is 0 Å². The molecule has 2 aliphatic heterocycles. The number of nitrogens with zero attached hydrogens (tertiary/aromatic N) is 2. The van der Waals surface area contributed by atoms with Crippen molar-refractivity contribution >= 4 is 5.84 Å². The van der Waals surface area contributed by atoms with Crippen LogP contribution >= 0.6 is 0 Å². The van der Waals surface area contributed by atoms with E-state index in [0.717, 1.165) is 12.4 Å². The fourth-order valence-corrected chi connectivity index (χ4v) is 2.16. The Balaban J connectivity index is 0.000000328. The molecule has 0 unspecified atom stereocenters. The highest BCUT2D eigenvalue weighted by Crippen LogP contribution is 2.27. The van der Waals surface area contributed by atoms with Crippen molar-refractivity contribution < 1.29 is 5.11 Å². The third-order valence-electron chi connectivity index (χ3n) is 2.99. The first kappa shape index (κ1) is 14.5. The van der Waals surface area contributed by atoms with Crippen molar-refractivity contribution in [3.05, 3.63) is 59.8 Å². The van der Waals surface area contributed by atoms with Crippen LogP contribution in [0.1, 0.15) is 32.4 Å². The van der Waals surface area contributed by atoms with Gasteiger partial charge in [-0.3, -0.25) is 4.99 Å². The molecular formula is C17H22N2O. The van der Waals surface area contributed by atoms with Crippen LogP contribution in [0.25, 0.3) is 0 Å². The molecule has 1 aromatic carbocycles. The Bertz CT molecular complexity index is 526. The summed E-state index contributed by atoms with van der Waals surface area (Å²) < 4.78 is 0. The summed E-state index contributed by atoms with van der Waals surface area (Å²) in [5.41, 5.74) is 2.58. The van der Waals surface area contributed by atoms with Gasteiger partial charge in [-0.05, 0) is 38.0 Å². The molecule has 0 aromatic heterocycles. The van der Waals surface area contributed by atoms with Crippen LogP contribution < -0.4 is 0 Å². The lowest BCUT2D eigenvalue weighted by Crippen LogP contribution is -2.22. The molecule has 2 heterocycles. The number of fused-ring (bicyclic) bond motifs is 1. The maximum absolute atomic E-state index is 8.06. The van der Waals surface area contributed by atoms with Gasteiger partial charge in [-0.15, -0.1) is 0 Å². The molecule has 1 N–H and O–H groups in total. The standard InChI is InChI=1S/C14H14N2.C3H8O/c1-11-7-8-14-15-13(10-16(14)9-11)12-5-3-2-4-6-12;1-3(2)4/h2-9,13H,10H2,1H3;3-4H,1-2H3/t13-;/m0./s1. The average molecular weight is 270 g/mol. The summed E-state index contributed by atoms with van der Waals surface area (Å²) in [6.07, 6.45) is 6.21. The van der Waals surface area contributed by atoms with E-state index in [0.29, 0.717) is 0 Å². The molecule has 0 saturated heterocycles. The zero-order valence-electron chi connectivity index (χ0n) is 12.3. The lowest BCUT2D eigenvalue weighted by atomic mass is 10.1. The fourth-order valence-electron chi connectivity index (χ4n) is 2.16. The first-order valence-corrected chi connectivity index (χ1v) is 7.00. The van der Waals surface area contributed by atoms with E-state index in [-0.39, 0.29) is 12.1 Å². The van der Waals surface area contributed by atoms with E-state index in [4.69, 9.17) is 10.1 Å². The molecule has 0 amide bonds. The monoisotopic (exact) mass is 270 g/mol. The highest BCUT2D eigenvalue weighted by Gasteiger charge is 2.24. The molecule has 3 rings (SSSR count). The summed E-state index contributed by atoms with van der Waals surface area (Å²) in [6.45, 7) is 6.52. The molecule has 2 aliphatic rings. The van der Waals surface area contributed by atoms with Crippen LogP contribution in [0.4, 0.5) is 0 Å². The van der Waals surface area contributed by atoms with E-state index in [9.17, 15) is 0 Å². The molecule has 0 aliphatic carbocycles. The normalized spacial score (nSPS) is 20.1. The number of aliphatic hydroxyl groups is 1. The predicted octanol–water partition coefficient (Wildman–Crippen LogP) is 3.30. The van der Waals surface area contributed by atoms with Gasteiger partial charge >= 0.3 is 0 Å². The zero-order chi connectivity index (χ0) is 14.5. The topological polar surface area (TPSA) is 35.8 Å². The number of aliphatic imine (C=N–C) groups is 1. The van der Waals surface area contributed by atoms with Gasteiger partial charge in [0.05, 0.1) is 12.6 Å². The smallest absolute Gasteiger partial charge is 0.128 e. The Morgan fingerprint density at radius 3 is 2.50 bits per heavy atom. The van der Waals surface area contributed by atoms with Gasteiger partial charge in [0.15, 0.2) is 0 Å². The van der Waals surface area contributed by atoms with Gasteiger partial charge in [0.1, 0.15) is 5.84 Å². The SMILES string of the molecule is CC(C)O.CC1=CN2C[C@@H](c3ccccc3)N=C2C=C1. The van der Waals surface area contributed by atoms with Crippen LogP contribution in [-0.2, 0) is 0 Å². The summed E-state index contributed by atoms with van der Waals surface area (Å²) in [6, 6.07) is 10.8. The van der Waals surface area contributed by atoms with E-state index in [2.05, 4.69) is 54.4 Å². The molecule has 1 atom stereocenters. The van der Waals surface area contributed by atoms with Crippen LogP contribution in [0.3, 0.4) is 0 Å². The quantitative estimate of drug-likeness (QED) is 0.850. The minimum atomic E-state index is -0.167. The van der Waals surface area contributed by atoms with E-state index in [1.165, 1.54) is 11.1 Å². The molecule has 0 saturated carbocycles. The number of hydrogen-bond acceptors (Lipinski definition) is 3. The molecule has 3 nitrogen and oxygen atoms in total. The first-order valence-electron chi connectivity index (χ1n) is 7.00. The van der Waals surface area contributed by atoms with Crippen LogP contribution in [-0.4, -0.2) is 28.5 Å². The Hall–Kier alpha value is -1.87. The average Bonchev–Trinajstić information content (AvgIpc) is 2.82. The molecule has 3 heteroatoms. The molecular weight excluding hydrogens is 248 g/mol. The highest BCUT2D eigenvalue weighted by molar-refractivity contribution is 5.96. The van der Waals surface area contributed by atoms with Crippen molar-refractivity contribution in [2.24, 2.45) is 4.99 Å². The molecule has 0 spiro atoms. The van der Waals surface area contributed by atoms with Gasteiger partial charge in [-0.1, -0.05) is 36.4 Å². The summed E-state index contributed by atoms with van der Waals surface area (Å²) in [7, 11) is 0. The number of amidine groups is 1. The van der Waals surface area contributed by atoms with Crippen LogP contribution in [0.2, 0.25) is 0 Å². The summed E-state index contributed by atoms with van der Waals surface area (Å²) >= 11 is 0. The summed E-state index contributed by atoms with van der Waals surface area (Å²) in [5.74, 6) is 1.08. The number of hydrogen-bond donors (Lipinski definition) is 1. The fraction of sp³-hybridized carbons (Fsp3) is 0.353. The van der Waals surface area contributed by atoms with Crippen molar-refractivity contribution in [2.75, 3.05) is 6.54 Å². The van der Waals surface area contributed by atoms with Crippen LogP contribution in [0.5, 0.6) is 0 Å². The number of benzene rings is 1. The maximum Gasteiger partial charge on any atom is 0.128 e. The van der Waals surface area contributed by atoms with E-state index < -0.39 is 0 Å². The van der Waals surface area contributed by atoms with Gasteiger partial charge in [-0.2, -0.15) is 0 Å². The van der Waals surface area contributed by atoms with Gasteiger partial charge in [-0.25, -0.2) is 0 Å². The third-order valence-corrected chi connectivity index (χ3v) is 2.99. The van der Waals surface area contributed by atoms with E-state index in [1.54, 1.807) is 13.8 Å². The largest absolute Gasteiger partial charge is 0.394 e. The molecule has 0 bridgehead atoms. The number of rotatable bonds is 1. The third kappa shape index (κ3) is 3.81. The Labute approximate surface area is 121 Å². The molecule has 0 fully saturated rings. The lowest BCUT2D eigenvalue weighted by molar-refractivity contribution is 0.216. The lowest BCUT2D eigenvalue weighted by Gasteiger charge is -2.18. The maximum atomic E-state index is 8.06. The predicted molar refractivity (Wildman–Crippen MR) is 83.6 cm³/mol. The van der Waals surface area contributed by atoms with Crippen molar-refractivity contribution in [2.45, 2.75) is 32.9 Å². The summed E-state index contributed by atoms with van der Waals surface area (Å²) in [5, 5.41) is 8.06. The van der Waals surface area contributed by atoms with Crippen molar-refractivity contribution in [3.63, 3.8) is 0 Å². The van der Waals surface area contributed by atoms with Crippen LogP contribution in [0.15, 0.2) is 59.2 Å². The highest BCUT2D eigenvalue weighted by atomic mass is 16.3. The second-order valence-corrected chi connectivity index (χ2v) is 5.37. The van der Waals surface area contributed by atoms with Gasteiger partial charge in [0.25, 0.3) is 0 Å². The van der Waals surface area contributed by atoms with E-state index in [1.807, 2.05) is 6.07 Å². The van der Waals surface area contributed by atoms with Gasteiger partial charge in [0.2, 0.25) is 0 Å². The van der Waals surface area contributed by atoms with Crippen molar-refractivity contribution in [1.29, 1.82) is 0 Å². The summed E-state index contributed by atoms with van der Waals surface area (Å²) in [4.78, 5) is 6.96. The molecule has 1 aromatic rings. The number of allylic oxidation sites excluding steroid dienone is 2. The second kappa shape index (κ2) is 6.53. The second-order valence-electron chi connectivity index (χ2n) is 5.37. The molecule has 106 valence electrons. The van der Waals surface area contributed by atoms with Crippen molar-refractivity contribution in [3.8, 4) is 0 Å². The Morgan fingerprint density at radius 2 is 1.85 bits per heavy atom. The minimum absolute atomic E-state index is 0.167. The van der Waals surface area contributed by atoms with E-state index >= 15 is 0 Å². The first-order chi connectivity index (χ1) is 9.56. The van der Waals surface area contributed by atoms with Crippen molar-refractivity contribution in [1.82, 2.24) is 4.90 Å². The minimum Gasteiger partial charge on any atom is -0.394 e. The number of aliphatic hydroxyl groups excluding tert-OH is 1. The Kier molecular flexibility index (Phi) is 4.74.